The van der Waals surface area contributed by atoms with Gasteiger partial charge in [0.05, 0.1) is 22.5 Å². The molecule has 0 aliphatic rings. The molecule has 32 heavy (non-hydrogen) atoms. The number of amides is 1. The van der Waals surface area contributed by atoms with Crippen LogP contribution in [-0.2, 0) is 4.79 Å². The molecule has 172 valence electrons. The highest BCUT2D eigenvalue weighted by Gasteiger charge is 2.18. The number of nitrogens with one attached hydrogen (secondary N) is 3. The third kappa shape index (κ3) is 7.38. The van der Waals surface area contributed by atoms with Gasteiger partial charge in [0.2, 0.25) is 5.91 Å². The normalized spacial score (nSPS) is 12.1. The Balaban J connectivity index is 0.000000242. The van der Waals surface area contributed by atoms with Gasteiger partial charge >= 0.3 is 5.69 Å². The Kier molecular flexibility index (Phi) is 7.98. The van der Waals surface area contributed by atoms with Crippen molar-refractivity contribution >= 4 is 16.8 Å². The minimum atomic E-state index is -0.915. The number of aromatic amines is 2. The van der Waals surface area contributed by atoms with E-state index >= 15 is 0 Å². The van der Waals surface area contributed by atoms with Crippen LogP contribution in [0.5, 0.6) is 0 Å². The third-order valence-electron chi connectivity index (χ3n) is 4.47. The van der Waals surface area contributed by atoms with Crippen molar-refractivity contribution in [2.45, 2.75) is 45.3 Å². The maximum absolute atomic E-state index is 13.5. The number of aliphatic hydroxyl groups is 1. The summed E-state index contributed by atoms with van der Waals surface area (Å²) in [4.78, 5) is 37.9. The largest absolute Gasteiger partial charge is 0.390 e. The fourth-order valence-corrected chi connectivity index (χ4v) is 2.80. The summed E-state index contributed by atoms with van der Waals surface area (Å²) in [5, 5.41) is 12.3. The Labute approximate surface area is 181 Å². The van der Waals surface area contributed by atoms with Crippen molar-refractivity contribution in [1.82, 2.24) is 15.3 Å². The first kappa shape index (κ1) is 24.9. The second-order valence-corrected chi connectivity index (χ2v) is 7.87. The molecule has 0 saturated heterocycles. The van der Waals surface area contributed by atoms with Crippen LogP contribution in [0.2, 0.25) is 0 Å². The Bertz CT molecular complexity index is 1220. The molecule has 1 unspecified atom stereocenters. The topological polar surface area (TPSA) is 115 Å². The van der Waals surface area contributed by atoms with Crippen LogP contribution < -0.4 is 16.6 Å². The Morgan fingerprint density at radius 2 is 1.69 bits per heavy atom. The Morgan fingerprint density at radius 1 is 1.06 bits per heavy atom. The molecule has 0 bridgehead atoms. The lowest BCUT2D eigenvalue weighted by molar-refractivity contribution is -0.122. The van der Waals surface area contributed by atoms with Crippen molar-refractivity contribution in [1.29, 1.82) is 0 Å². The highest BCUT2D eigenvalue weighted by Crippen LogP contribution is 2.18. The van der Waals surface area contributed by atoms with E-state index in [1.54, 1.807) is 20.8 Å². The van der Waals surface area contributed by atoms with Gasteiger partial charge < -0.3 is 15.4 Å². The molecule has 0 aliphatic heterocycles. The molecule has 0 fully saturated rings. The Morgan fingerprint density at radius 3 is 2.31 bits per heavy atom. The van der Waals surface area contributed by atoms with Gasteiger partial charge in [-0.05, 0) is 51.5 Å². The zero-order chi connectivity index (χ0) is 24.1. The smallest absolute Gasteiger partial charge is 0.326 e. The number of aromatic nitrogens is 2. The van der Waals surface area contributed by atoms with E-state index < -0.39 is 40.3 Å². The lowest BCUT2D eigenvalue weighted by Crippen LogP contribution is -2.29. The standard InChI is InChI=1S/C14H19F2NO2.C8H5FN2O2/c1-9(11-5-4-10(15)8-12(11)16)17-13(18)6-7-14(2,3)19;9-4-1-2-6-5(3-4)7(12)11-8(13)10-6/h4-5,8-9,19H,6-7H2,1-3H3,(H,17,18);1-3H,(H2,10,11,12,13). The lowest BCUT2D eigenvalue weighted by atomic mass is 10.0. The number of rotatable bonds is 5. The van der Waals surface area contributed by atoms with Crippen LogP contribution >= 0.6 is 0 Å². The summed E-state index contributed by atoms with van der Waals surface area (Å²) in [6.07, 6.45) is 0.466. The second-order valence-electron chi connectivity index (χ2n) is 7.87. The number of benzene rings is 2. The van der Waals surface area contributed by atoms with Gasteiger partial charge in [-0.25, -0.2) is 18.0 Å². The van der Waals surface area contributed by atoms with Crippen LogP contribution in [0.4, 0.5) is 13.2 Å². The van der Waals surface area contributed by atoms with Crippen LogP contribution in [-0.4, -0.2) is 26.6 Å². The molecule has 3 aromatic rings. The second kappa shape index (κ2) is 10.3. The lowest BCUT2D eigenvalue weighted by Gasteiger charge is -2.18. The van der Waals surface area contributed by atoms with E-state index in [-0.39, 0.29) is 23.3 Å². The highest BCUT2D eigenvalue weighted by atomic mass is 19.1. The van der Waals surface area contributed by atoms with Gasteiger partial charge in [0.1, 0.15) is 17.5 Å². The summed E-state index contributed by atoms with van der Waals surface area (Å²) in [6.45, 7) is 4.85. The van der Waals surface area contributed by atoms with Crippen LogP contribution in [0, 0.1) is 17.5 Å². The van der Waals surface area contributed by atoms with E-state index in [4.69, 9.17) is 0 Å². The molecule has 1 aromatic heterocycles. The number of fused-ring (bicyclic) bond motifs is 1. The van der Waals surface area contributed by atoms with E-state index in [1.807, 2.05) is 4.98 Å². The predicted octanol–water partition coefficient (Wildman–Crippen LogP) is 3.05. The van der Waals surface area contributed by atoms with Crippen molar-refractivity contribution in [2.24, 2.45) is 0 Å². The molecule has 2 aromatic carbocycles. The number of halogens is 3. The number of H-pyrrole nitrogens is 2. The number of hydrogen-bond donors (Lipinski definition) is 4. The third-order valence-corrected chi connectivity index (χ3v) is 4.47. The van der Waals surface area contributed by atoms with Gasteiger partial charge in [-0.3, -0.25) is 14.6 Å². The molecule has 0 spiro atoms. The van der Waals surface area contributed by atoms with Gasteiger partial charge in [0, 0.05) is 18.1 Å². The summed E-state index contributed by atoms with van der Waals surface area (Å²) in [5.41, 5.74) is -1.53. The summed E-state index contributed by atoms with van der Waals surface area (Å²) >= 11 is 0. The maximum atomic E-state index is 13.5. The quantitative estimate of drug-likeness (QED) is 0.477. The summed E-state index contributed by atoms with van der Waals surface area (Å²) in [7, 11) is 0. The first-order chi connectivity index (χ1) is 14.9. The average molecular weight is 451 g/mol. The number of carbonyl (C=O) groups is 1. The van der Waals surface area contributed by atoms with Gasteiger partial charge in [-0.15, -0.1) is 0 Å². The maximum Gasteiger partial charge on any atom is 0.326 e. The van der Waals surface area contributed by atoms with Crippen molar-refractivity contribution in [2.75, 3.05) is 0 Å². The highest BCUT2D eigenvalue weighted by molar-refractivity contribution is 5.77. The van der Waals surface area contributed by atoms with Gasteiger partial charge in [0.15, 0.2) is 0 Å². The van der Waals surface area contributed by atoms with Crippen molar-refractivity contribution < 1.29 is 23.1 Å². The number of hydrogen-bond acceptors (Lipinski definition) is 4. The van der Waals surface area contributed by atoms with Crippen molar-refractivity contribution in [3.8, 4) is 0 Å². The molecule has 0 aliphatic carbocycles. The summed E-state index contributed by atoms with van der Waals surface area (Å²) < 4.78 is 38.9. The van der Waals surface area contributed by atoms with Crippen LogP contribution in [0.3, 0.4) is 0 Å². The molecular weight excluding hydrogens is 427 g/mol. The van der Waals surface area contributed by atoms with E-state index in [9.17, 15) is 32.7 Å². The molecule has 7 nitrogen and oxygen atoms in total. The summed E-state index contributed by atoms with van der Waals surface area (Å²) in [6, 6.07) is 6.30. The SMILES string of the molecule is CC(NC(=O)CCC(C)(C)O)c1ccc(F)cc1F.O=c1[nH]c(=O)c2cc(F)ccc2[nH]1. The molecule has 4 N–H and O–H groups in total. The van der Waals surface area contributed by atoms with Gasteiger partial charge in [-0.1, -0.05) is 6.07 Å². The molecule has 0 saturated carbocycles. The van der Waals surface area contributed by atoms with Crippen LogP contribution in [0.15, 0.2) is 46.0 Å². The van der Waals surface area contributed by atoms with Crippen LogP contribution in [0.25, 0.3) is 10.9 Å². The van der Waals surface area contributed by atoms with E-state index in [2.05, 4.69) is 10.3 Å². The summed E-state index contributed by atoms with van der Waals surface area (Å²) in [5.74, 6) is -2.12. The molecule has 1 atom stereocenters. The first-order valence-corrected chi connectivity index (χ1v) is 9.74. The van der Waals surface area contributed by atoms with Crippen LogP contribution in [0.1, 0.15) is 45.2 Å². The fraction of sp³-hybridized carbons (Fsp3) is 0.318. The molecule has 10 heteroatoms. The van der Waals surface area contributed by atoms with Gasteiger partial charge in [-0.2, -0.15) is 0 Å². The molecule has 1 amide bonds. The minimum Gasteiger partial charge on any atom is -0.390 e. The Hall–Kier alpha value is -3.40. The van der Waals surface area contributed by atoms with E-state index in [0.717, 1.165) is 18.2 Å². The zero-order valence-corrected chi connectivity index (χ0v) is 17.8. The monoisotopic (exact) mass is 451 g/mol. The van der Waals surface area contributed by atoms with Gasteiger partial charge in [0.25, 0.3) is 5.56 Å². The zero-order valence-electron chi connectivity index (χ0n) is 17.8. The average Bonchev–Trinajstić information content (AvgIpc) is 2.67. The molecule has 1 heterocycles. The van der Waals surface area contributed by atoms with E-state index in [0.29, 0.717) is 11.9 Å². The predicted molar refractivity (Wildman–Crippen MR) is 114 cm³/mol. The minimum absolute atomic E-state index is 0.139. The van der Waals surface area contributed by atoms with E-state index in [1.165, 1.54) is 18.2 Å². The molecular formula is C22H24F3N3O4. The molecule has 3 rings (SSSR count). The van der Waals surface area contributed by atoms with Crippen molar-refractivity contribution in [3.63, 3.8) is 0 Å². The first-order valence-electron chi connectivity index (χ1n) is 9.74. The fourth-order valence-electron chi connectivity index (χ4n) is 2.80. The molecule has 0 radical (unpaired) electrons. The number of carbonyl (C=O) groups excluding carboxylic acids is 1. The van der Waals surface area contributed by atoms with Crippen molar-refractivity contribution in [3.05, 3.63) is 80.3 Å².